The molecule has 7 nitrogen and oxygen atoms in total. The van der Waals surface area contributed by atoms with E-state index < -0.39 is 0 Å². The highest BCUT2D eigenvalue weighted by molar-refractivity contribution is 7.12. The number of rotatable bonds is 6. The molecule has 162 valence electrons. The van der Waals surface area contributed by atoms with E-state index in [4.69, 9.17) is 4.74 Å². The van der Waals surface area contributed by atoms with E-state index in [0.29, 0.717) is 11.4 Å². The van der Waals surface area contributed by atoms with Gasteiger partial charge >= 0.3 is 0 Å². The van der Waals surface area contributed by atoms with Gasteiger partial charge in [-0.25, -0.2) is 9.97 Å². The van der Waals surface area contributed by atoms with Crippen molar-refractivity contribution in [1.29, 1.82) is 0 Å². The molecule has 0 unspecified atom stereocenters. The normalized spacial score (nSPS) is 15.2. The van der Waals surface area contributed by atoms with Crippen molar-refractivity contribution in [3.8, 4) is 16.3 Å². The van der Waals surface area contributed by atoms with E-state index in [9.17, 15) is 4.79 Å². The van der Waals surface area contributed by atoms with Crippen molar-refractivity contribution < 1.29 is 9.53 Å². The molecule has 2 aromatic carbocycles. The molecule has 4 aromatic rings. The number of aromatic nitrogens is 4. The first-order chi connectivity index (χ1) is 15.6. The number of ether oxygens (including phenoxy) is 1. The topological polar surface area (TPSA) is 81.1 Å². The molecule has 0 radical (unpaired) electrons. The zero-order valence-electron chi connectivity index (χ0n) is 17.8. The SMILES string of the molecule is CN1CCC(Oc2ccc(C(=O)Cc3ncc4ccc(-c5nncs5)cc4n3)cc2)CC1. The number of Topliss-reactive ketones (excluding diaryl/α,β-unsaturated/α-hetero) is 1. The highest BCUT2D eigenvalue weighted by atomic mass is 32.1. The van der Waals surface area contributed by atoms with Gasteiger partial charge in [0.15, 0.2) is 5.78 Å². The summed E-state index contributed by atoms with van der Waals surface area (Å²) in [6.45, 7) is 2.10. The average molecular weight is 446 g/mol. The zero-order valence-corrected chi connectivity index (χ0v) is 18.6. The fourth-order valence-corrected chi connectivity index (χ4v) is 4.39. The molecule has 2 aromatic heterocycles. The molecule has 1 saturated heterocycles. The summed E-state index contributed by atoms with van der Waals surface area (Å²) in [5.41, 5.74) is 4.08. The molecule has 0 aliphatic carbocycles. The van der Waals surface area contributed by atoms with E-state index in [2.05, 4.69) is 32.1 Å². The molecule has 0 spiro atoms. The molecule has 3 heterocycles. The molecule has 1 fully saturated rings. The van der Waals surface area contributed by atoms with Crippen LogP contribution < -0.4 is 4.74 Å². The zero-order chi connectivity index (χ0) is 21.9. The van der Waals surface area contributed by atoms with Crippen LogP contribution in [0.15, 0.2) is 54.2 Å². The third-order valence-electron chi connectivity index (χ3n) is 5.70. The van der Waals surface area contributed by atoms with Crippen LogP contribution in [0.1, 0.15) is 29.0 Å². The van der Waals surface area contributed by atoms with Crippen molar-refractivity contribution >= 4 is 28.0 Å². The molecule has 0 bridgehead atoms. The lowest BCUT2D eigenvalue weighted by molar-refractivity contribution is 0.0990. The van der Waals surface area contributed by atoms with Crippen LogP contribution in [0.4, 0.5) is 0 Å². The number of ketones is 1. The average Bonchev–Trinajstić information content (AvgIpc) is 3.36. The van der Waals surface area contributed by atoms with Crippen LogP contribution in [-0.2, 0) is 6.42 Å². The van der Waals surface area contributed by atoms with E-state index in [-0.39, 0.29) is 18.3 Å². The molecule has 32 heavy (non-hydrogen) atoms. The van der Waals surface area contributed by atoms with Gasteiger partial charge in [0.2, 0.25) is 0 Å². The summed E-state index contributed by atoms with van der Waals surface area (Å²) in [7, 11) is 2.13. The van der Waals surface area contributed by atoms with Crippen molar-refractivity contribution in [2.45, 2.75) is 25.4 Å². The molecule has 0 atom stereocenters. The minimum absolute atomic E-state index is 0.0181. The maximum atomic E-state index is 12.8. The Labute approximate surface area is 190 Å². The Morgan fingerprint density at radius 2 is 1.97 bits per heavy atom. The lowest BCUT2D eigenvalue weighted by Crippen LogP contribution is -2.35. The Hall–Kier alpha value is -3.23. The van der Waals surface area contributed by atoms with Crippen LogP contribution >= 0.6 is 11.3 Å². The molecule has 1 aliphatic heterocycles. The second kappa shape index (κ2) is 9.10. The van der Waals surface area contributed by atoms with Crippen molar-refractivity contribution in [3.05, 3.63) is 65.6 Å². The van der Waals surface area contributed by atoms with E-state index >= 15 is 0 Å². The van der Waals surface area contributed by atoms with Gasteiger partial charge in [0.25, 0.3) is 0 Å². The van der Waals surface area contributed by atoms with Crippen LogP contribution in [-0.4, -0.2) is 57.1 Å². The quantitative estimate of drug-likeness (QED) is 0.414. The first kappa shape index (κ1) is 20.7. The van der Waals surface area contributed by atoms with Gasteiger partial charge in [-0.1, -0.05) is 23.5 Å². The standard InChI is InChI=1S/C24H23N5O2S/c1-29-10-8-20(9-11-29)31-19-6-4-16(5-7-19)22(30)13-23-25-14-18-3-2-17(12-21(18)27-23)24-28-26-15-32-24/h2-7,12,14-15,20H,8-11,13H2,1H3. The molecular formula is C24H23N5O2S. The number of carbonyl (C=O) groups excluding carboxylic acids is 1. The van der Waals surface area contributed by atoms with Crippen LogP contribution in [0.2, 0.25) is 0 Å². The van der Waals surface area contributed by atoms with Crippen LogP contribution in [0.25, 0.3) is 21.5 Å². The van der Waals surface area contributed by atoms with Crippen LogP contribution in [0, 0.1) is 0 Å². The molecule has 8 heteroatoms. The molecule has 0 N–H and O–H groups in total. The third-order valence-corrected chi connectivity index (χ3v) is 6.44. The number of likely N-dealkylation sites (tertiary alicyclic amines) is 1. The first-order valence-electron chi connectivity index (χ1n) is 10.6. The third kappa shape index (κ3) is 4.66. The van der Waals surface area contributed by atoms with Gasteiger partial charge in [-0.3, -0.25) is 4.79 Å². The molecule has 5 rings (SSSR count). The van der Waals surface area contributed by atoms with E-state index in [1.807, 2.05) is 42.5 Å². The Balaban J connectivity index is 1.26. The summed E-state index contributed by atoms with van der Waals surface area (Å²) >= 11 is 1.48. The van der Waals surface area contributed by atoms with Crippen molar-refractivity contribution in [1.82, 2.24) is 25.1 Å². The lowest BCUT2D eigenvalue weighted by atomic mass is 10.1. The number of piperidine rings is 1. The Morgan fingerprint density at radius 3 is 2.72 bits per heavy atom. The Morgan fingerprint density at radius 1 is 1.16 bits per heavy atom. The number of hydrogen-bond acceptors (Lipinski definition) is 8. The predicted molar refractivity (Wildman–Crippen MR) is 124 cm³/mol. The van der Waals surface area contributed by atoms with Gasteiger partial charge in [-0.15, -0.1) is 10.2 Å². The van der Waals surface area contributed by atoms with Crippen molar-refractivity contribution in [3.63, 3.8) is 0 Å². The summed E-state index contributed by atoms with van der Waals surface area (Å²) in [4.78, 5) is 24.1. The fraction of sp³-hybridized carbons (Fsp3) is 0.292. The van der Waals surface area contributed by atoms with Crippen LogP contribution in [0.5, 0.6) is 5.75 Å². The van der Waals surface area contributed by atoms with Gasteiger partial charge in [0.1, 0.15) is 28.2 Å². The summed E-state index contributed by atoms with van der Waals surface area (Å²) in [5, 5.41) is 9.76. The van der Waals surface area contributed by atoms with E-state index in [1.54, 1.807) is 11.7 Å². The first-order valence-corrected chi connectivity index (χ1v) is 11.5. The van der Waals surface area contributed by atoms with Crippen LogP contribution in [0.3, 0.4) is 0 Å². The van der Waals surface area contributed by atoms with Crippen molar-refractivity contribution in [2.24, 2.45) is 0 Å². The monoisotopic (exact) mass is 445 g/mol. The number of hydrogen-bond donors (Lipinski definition) is 0. The molecular weight excluding hydrogens is 422 g/mol. The molecule has 0 saturated carbocycles. The van der Waals surface area contributed by atoms with E-state index in [1.165, 1.54) is 11.3 Å². The highest BCUT2D eigenvalue weighted by Crippen LogP contribution is 2.24. The molecule has 0 amide bonds. The fourth-order valence-electron chi connectivity index (χ4n) is 3.84. The van der Waals surface area contributed by atoms with Gasteiger partial charge in [0, 0.05) is 35.8 Å². The summed E-state index contributed by atoms with van der Waals surface area (Å²) in [5.74, 6) is 1.29. The lowest BCUT2D eigenvalue weighted by Gasteiger charge is -2.29. The smallest absolute Gasteiger partial charge is 0.170 e. The number of carbonyl (C=O) groups is 1. The second-order valence-electron chi connectivity index (χ2n) is 8.05. The van der Waals surface area contributed by atoms with Gasteiger partial charge in [0.05, 0.1) is 11.9 Å². The van der Waals surface area contributed by atoms with Gasteiger partial charge in [-0.2, -0.15) is 0 Å². The number of nitrogens with zero attached hydrogens (tertiary/aromatic N) is 5. The van der Waals surface area contributed by atoms with Gasteiger partial charge < -0.3 is 9.64 Å². The Bertz CT molecular complexity index is 1220. The minimum Gasteiger partial charge on any atom is -0.490 e. The highest BCUT2D eigenvalue weighted by Gasteiger charge is 2.18. The number of benzene rings is 2. The predicted octanol–water partition coefficient (Wildman–Crippen LogP) is 4.05. The summed E-state index contributed by atoms with van der Waals surface area (Å²) < 4.78 is 6.08. The van der Waals surface area contributed by atoms with E-state index in [0.717, 1.165) is 53.2 Å². The summed E-state index contributed by atoms with van der Waals surface area (Å²) in [6, 6.07) is 13.3. The summed E-state index contributed by atoms with van der Waals surface area (Å²) in [6.07, 6.45) is 4.19. The van der Waals surface area contributed by atoms with Crippen molar-refractivity contribution in [2.75, 3.05) is 20.1 Å². The molecule has 1 aliphatic rings. The number of fused-ring (bicyclic) bond motifs is 1. The largest absolute Gasteiger partial charge is 0.490 e. The van der Waals surface area contributed by atoms with Gasteiger partial charge in [-0.05, 0) is 50.2 Å². The second-order valence-corrected chi connectivity index (χ2v) is 8.88. The minimum atomic E-state index is -0.0181. The Kier molecular flexibility index (Phi) is 5.87. The maximum Gasteiger partial charge on any atom is 0.170 e. The maximum absolute atomic E-state index is 12.8.